The van der Waals surface area contributed by atoms with Crippen LogP contribution in [0.25, 0.3) is 0 Å². The van der Waals surface area contributed by atoms with Crippen LogP contribution in [0.15, 0.2) is 48.7 Å². The van der Waals surface area contributed by atoms with Crippen molar-refractivity contribution in [3.05, 3.63) is 54.2 Å². The minimum atomic E-state index is -0.136. The predicted molar refractivity (Wildman–Crippen MR) is 105 cm³/mol. The Bertz CT molecular complexity index is 960. The summed E-state index contributed by atoms with van der Waals surface area (Å²) in [5, 5.41) is 17.0. The smallest absolute Gasteiger partial charge is 0.249 e. The van der Waals surface area contributed by atoms with Crippen molar-refractivity contribution in [1.82, 2.24) is 15.2 Å². The fourth-order valence-corrected chi connectivity index (χ4v) is 2.48. The van der Waals surface area contributed by atoms with Gasteiger partial charge < -0.3 is 20.7 Å². The van der Waals surface area contributed by atoms with Crippen molar-refractivity contribution in [2.45, 2.75) is 13.8 Å². The highest BCUT2D eigenvalue weighted by Crippen LogP contribution is 2.28. The second-order valence-corrected chi connectivity index (χ2v) is 5.88. The molecule has 27 heavy (non-hydrogen) atoms. The summed E-state index contributed by atoms with van der Waals surface area (Å²) in [5.41, 5.74) is 3.29. The van der Waals surface area contributed by atoms with Crippen molar-refractivity contribution in [2.75, 3.05) is 23.1 Å². The fourth-order valence-electron chi connectivity index (χ4n) is 2.48. The molecule has 3 aromatic rings. The summed E-state index contributed by atoms with van der Waals surface area (Å²) < 4.78 is 5.37. The van der Waals surface area contributed by atoms with E-state index in [0.29, 0.717) is 23.2 Å². The Kier molecular flexibility index (Phi) is 5.46. The normalized spacial score (nSPS) is 10.2. The maximum atomic E-state index is 11.2. The zero-order valence-corrected chi connectivity index (χ0v) is 15.3. The molecule has 0 aliphatic rings. The monoisotopic (exact) mass is 364 g/mol. The van der Waals surface area contributed by atoms with E-state index < -0.39 is 0 Å². The van der Waals surface area contributed by atoms with E-state index in [1.165, 1.54) is 13.1 Å². The third-order valence-electron chi connectivity index (χ3n) is 3.62. The Morgan fingerprint density at radius 2 is 1.89 bits per heavy atom. The van der Waals surface area contributed by atoms with Crippen LogP contribution >= 0.6 is 0 Å². The van der Waals surface area contributed by atoms with Crippen LogP contribution < -0.4 is 20.7 Å². The van der Waals surface area contributed by atoms with Crippen LogP contribution in [0.1, 0.15) is 12.5 Å². The summed E-state index contributed by atoms with van der Waals surface area (Å²) in [5.74, 6) is 1.42. The van der Waals surface area contributed by atoms with Crippen molar-refractivity contribution in [3.8, 4) is 5.75 Å². The first-order valence-electron chi connectivity index (χ1n) is 8.29. The van der Waals surface area contributed by atoms with E-state index in [4.69, 9.17) is 4.74 Å². The Hall–Kier alpha value is -3.68. The quantitative estimate of drug-likeness (QED) is 0.614. The molecule has 1 heterocycles. The fraction of sp³-hybridized carbons (Fsp3) is 0.158. The second kappa shape index (κ2) is 8.13. The van der Waals surface area contributed by atoms with Gasteiger partial charge in [-0.3, -0.25) is 4.79 Å². The highest BCUT2D eigenvalue weighted by atomic mass is 16.5. The van der Waals surface area contributed by atoms with Gasteiger partial charge in [-0.2, -0.15) is 10.1 Å². The number of rotatable bonds is 6. The van der Waals surface area contributed by atoms with Gasteiger partial charge in [0.05, 0.1) is 19.0 Å². The number of benzene rings is 2. The molecule has 0 atom stereocenters. The lowest BCUT2D eigenvalue weighted by Crippen LogP contribution is -2.06. The Morgan fingerprint density at radius 1 is 1.07 bits per heavy atom. The van der Waals surface area contributed by atoms with E-state index in [1.807, 2.05) is 37.3 Å². The maximum absolute atomic E-state index is 11.2. The molecule has 8 nitrogen and oxygen atoms in total. The van der Waals surface area contributed by atoms with Crippen molar-refractivity contribution in [2.24, 2.45) is 0 Å². The van der Waals surface area contributed by atoms with Crippen LogP contribution in [0, 0.1) is 6.92 Å². The first-order valence-corrected chi connectivity index (χ1v) is 8.29. The third-order valence-corrected chi connectivity index (χ3v) is 3.62. The van der Waals surface area contributed by atoms with Gasteiger partial charge in [-0.05, 0) is 42.8 Å². The van der Waals surface area contributed by atoms with E-state index in [-0.39, 0.29) is 5.91 Å². The van der Waals surface area contributed by atoms with Gasteiger partial charge in [-0.15, -0.1) is 5.10 Å². The number of nitrogens with zero attached hydrogens (tertiary/aromatic N) is 3. The summed E-state index contributed by atoms with van der Waals surface area (Å²) in [4.78, 5) is 15.6. The summed E-state index contributed by atoms with van der Waals surface area (Å²) in [7, 11) is 1.61. The van der Waals surface area contributed by atoms with Crippen molar-refractivity contribution >= 4 is 34.7 Å². The highest BCUT2D eigenvalue weighted by molar-refractivity contribution is 5.89. The number of carbonyl (C=O) groups excluding carboxylic acids is 1. The van der Waals surface area contributed by atoms with Gasteiger partial charge in [0.15, 0.2) is 5.82 Å². The molecule has 1 aromatic heterocycles. The van der Waals surface area contributed by atoms with Crippen molar-refractivity contribution in [1.29, 1.82) is 0 Å². The molecule has 1 amide bonds. The number of hydrogen-bond acceptors (Lipinski definition) is 7. The highest BCUT2D eigenvalue weighted by Gasteiger charge is 2.07. The molecule has 3 rings (SSSR count). The van der Waals surface area contributed by atoms with Crippen molar-refractivity contribution in [3.63, 3.8) is 0 Å². The van der Waals surface area contributed by atoms with Gasteiger partial charge in [0, 0.05) is 18.3 Å². The molecule has 3 N–H and O–H groups in total. The van der Waals surface area contributed by atoms with Gasteiger partial charge in [-0.1, -0.05) is 12.1 Å². The van der Waals surface area contributed by atoms with E-state index in [2.05, 4.69) is 31.1 Å². The molecule has 8 heteroatoms. The first-order chi connectivity index (χ1) is 13.0. The first kappa shape index (κ1) is 18.1. The number of nitrogens with one attached hydrogen (secondary N) is 3. The van der Waals surface area contributed by atoms with Crippen LogP contribution in [0.3, 0.4) is 0 Å². The standard InChI is InChI=1S/C19H20N6O2/c1-12-7-8-17(27-3)16(9-12)23-18-11-20-25-19(24-18)22-15-6-4-5-14(10-15)21-13(2)26/h4-11H,1-3H3,(H,21,26)(H2,22,23,24,25). The summed E-state index contributed by atoms with van der Waals surface area (Å²) in [6.45, 7) is 3.46. The molecule has 0 aliphatic carbocycles. The molecule has 138 valence electrons. The molecule has 0 unspecified atom stereocenters. The average Bonchev–Trinajstić information content (AvgIpc) is 2.62. The Balaban J connectivity index is 1.78. The molecule has 0 spiro atoms. The maximum Gasteiger partial charge on any atom is 0.249 e. The minimum absolute atomic E-state index is 0.136. The lowest BCUT2D eigenvalue weighted by molar-refractivity contribution is -0.114. The lowest BCUT2D eigenvalue weighted by Gasteiger charge is -2.12. The summed E-state index contributed by atoms with van der Waals surface area (Å²) >= 11 is 0. The Labute approximate surface area is 157 Å². The number of aromatic nitrogens is 3. The molecular weight excluding hydrogens is 344 g/mol. The van der Waals surface area contributed by atoms with Gasteiger partial charge in [0.25, 0.3) is 0 Å². The van der Waals surface area contributed by atoms with E-state index in [0.717, 1.165) is 16.9 Å². The zero-order chi connectivity index (χ0) is 19.2. The van der Waals surface area contributed by atoms with E-state index in [9.17, 15) is 4.79 Å². The van der Waals surface area contributed by atoms with Gasteiger partial charge in [0.1, 0.15) is 5.75 Å². The van der Waals surface area contributed by atoms with Gasteiger partial charge >= 0.3 is 0 Å². The molecule has 0 radical (unpaired) electrons. The summed E-state index contributed by atoms with van der Waals surface area (Å²) in [6, 6.07) is 13.1. The van der Waals surface area contributed by atoms with Crippen molar-refractivity contribution < 1.29 is 9.53 Å². The van der Waals surface area contributed by atoms with E-state index in [1.54, 1.807) is 19.2 Å². The summed E-state index contributed by atoms with van der Waals surface area (Å²) in [6.07, 6.45) is 1.53. The molecule has 0 fully saturated rings. The predicted octanol–water partition coefficient (Wildman–Crippen LogP) is 3.63. The van der Waals surface area contributed by atoms with Crippen LogP contribution in [0.2, 0.25) is 0 Å². The third kappa shape index (κ3) is 4.91. The van der Waals surface area contributed by atoms with Gasteiger partial charge in [0.2, 0.25) is 11.9 Å². The zero-order valence-electron chi connectivity index (χ0n) is 15.3. The molecule has 0 saturated carbocycles. The van der Waals surface area contributed by atoms with Crippen LogP contribution in [-0.2, 0) is 4.79 Å². The molecule has 0 saturated heterocycles. The van der Waals surface area contributed by atoms with Crippen LogP contribution in [-0.4, -0.2) is 28.2 Å². The number of methoxy groups -OCH3 is 1. The number of aryl methyl sites for hydroxylation is 1. The molecular formula is C19H20N6O2. The minimum Gasteiger partial charge on any atom is -0.495 e. The Morgan fingerprint density at radius 3 is 2.67 bits per heavy atom. The largest absolute Gasteiger partial charge is 0.495 e. The molecule has 0 aliphatic heterocycles. The SMILES string of the molecule is COc1ccc(C)cc1Nc1cnnc(Nc2cccc(NC(C)=O)c2)n1. The van der Waals surface area contributed by atoms with Crippen LogP contribution in [0.5, 0.6) is 5.75 Å². The van der Waals surface area contributed by atoms with E-state index >= 15 is 0 Å². The number of hydrogen-bond donors (Lipinski definition) is 3. The number of carbonyl (C=O) groups is 1. The molecule has 0 bridgehead atoms. The number of amides is 1. The number of anilines is 5. The number of ether oxygens (including phenoxy) is 1. The topological polar surface area (TPSA) is 101 Å². The van der Waals surface area contributed by atoms with Crippen LogP contribution in [0.4, 0.5) is 28.8 Å². The average molecular weight is 364 g/mol. The second-order valence-electron chi connectivity index (χ2n) is 5.88. The lowest BCUT2D eigenvalue weighted by atomic mass is 10.2. The molecule has 2 aromatic carbocycles. The van der Waals surface area contributed by atoms with Gasteiger partial charge in [-0.25, -0.2) is 0 Å².